The van der Waals surface area contributed by atoms with E-state index < -0.39 is 0 Å². The fraction of sp³-hybridized carbons (Fsp3) is 0.320. The van der Waals surface area contributed by atoms with Gasteiger partial charge in [-0.05, 0) is 49.7 Å². The number of benzene rings is 2. The first-order valence-corrected chi connectivity index (χ1v) is 10.8. The topological polar surface area (TPSA) is 55.6 Å². The maximum Gasteiger partial charge on any atom is 0.171 e. The summed E-state index contributed by atoms with van der Waals surface area (Å²) >= 11 is 0. The number of ether oxygens (including phenoxy) is 1. The Balaban J connectivity index is 1.38. The van der Waals surface area contributed by atoms with Gasteiger partial charge in [0.25, 0.3) is 0 Å². The Bertz CT molecular complexity index is 1200. The van der Waals surface area contributed by atoms with E-state index in [4.69, 9.17) is 9.72 Å². The van der Waals surface area contributed by atoms with Crippen molar-refractivity contribution in [1.82, 2.24) is 24.5 Å². The van der Waals surface area contributed by atoms with E-state index in [1.807, 2.05) is 10.6 Å². The molecule has 0 saturated carbocycles. The summed E-state index contributed by atoms with van der Waals surface area (Å²) in [5, 5.41) is 8.57. The van der Waals surface area contributed by atoms with Crippen molar-refractivity contribution in [2.45, 2.75) is 25.7 Å². The van der Waals surface area contributed by atoms with Crippen LogP contribution in [0, 0.1) is 0 Å². The van der Waals surface area contributed by atoms with Gasteiger partial charge in [-0.25, -0.2) is 4.98 Å². The summed E-state index contributed by atoms with van der Waals surface area (Å²) in [5.41, 5.74) is 6.99. The van der Waals surface area contributed by atoms with E-state index in [-0.39, 0.29) is 0 Å². The summed E-state index contributed by atoms with van der Waals surface area (Å²) in [6.07, 6.45) is 7.49. The standard InChI is InChI=1S/C25H27N5O/c1-29(2)14-12-18-6-8-20(9-7-18)22-16-26-24(30-17-27-28-25(22)30)11-10-19-4-3-5-23-21(19)13-15-31-23/h3-9,16-17H,10-15H2,1-2H3. The van der Waals surface area contributed by atoms with E-state index in [2.05, 4.69) is 71.7 Å². The minimum absolute atomic E-state index is 0.781. The molecule has 6 nitrogen and oxygen atoms in total. The van der Waals surface area contributed by atoms with Gasteiger partial charge in [0.2, 0.25) is 0 Å². The van der Waals surface area contributed by atoms with Crippen LogP contribution in [0.2, 0.25) is 0 Å². The van der Waals surface area contributed by atoms with Crippen LogP contribution < -0.4 is 4.74 Å². The molecule has 2 aromatic carbocycles. The number of hydrogen-bond donors (Lipinski definition) is 0. The van der Waals surface area contributed by atoms with Crippen molar-refractivity contribution in [3.8, 4) is 16.9 Å². The Morgan fingerprint density at radius 2 is 1.90 bits per heavy atom. The molecule has 1 aliphatic rings. The van der Waals surface area contributed by atoms with Gasteiger partial charge in [0, 0.05) is 36.7 Å². The predicted molar refractivity (Wildman–Crippen MR) is 122 cm³/mol. The minimum Gasteiger partial charge on any atom is -0.493 e. The molecule has 0 saturated heterocycles. The van der Waals surface area contributed by atoms with E-state index in [1.54, 1.807) is 6.33 Å². The molecular formula is C25H27N5O. The number of aromatic nitrogens is 4. The summed E-state index contributed by atoms with van der Waals surface area (Å²) in [4.78, 5) is 6.99. The van der Waals surface area contributed by atoms with E-state index in [9.17, 15) is 0 Å². The molecule has 2 aromatic heterocycles. The van der Waals surface area contributed by atoms with Crippen molar-refractivity contribution in [2.75, 3.05) is 27.2 Å². The van der Waals surface area contributed by atoms with Crippen LogP contribution in [0.15, 0.2) is 55.0 Å². The highest BCUT2D eigenvalue weighted by Crippen LogP contribution is 2.29. The first-order chi connectivity index (χ1) is 15.2. The number of aryl methyl sites for hydroxylation is 2. The lowest BCUT2D eigenvalue weighted by Crippen LogP contribution is -2.14. The Kier molecular flexibility index (Phi) is 5.38. The average Bonchev–Trinajstić information content (AvgIpc) is 3.46. The summed E-state index contributed by atoms with van der Waals surface area (Å²) in [7, 11) is 4.20. The van der Waals surface area contributed by atoms with Gasteiger partial charge in [0.15, 0.2) is 5.65 Å². The zero-order chi connectivity index (χ0) is 21.2. The summed E-state index contributed by atoms with van der Waals surface area (Å²) in [6.45, 7) is 1.82. The number of rotatable bonds is 7. The van der Waals surface area contributed by atoms with Crippen molar-refractivity contribution in [2.24, 2.45) is 0 Å². The van der Waals surface area contributed by atoms with Crippen LogP contribution in [0.1, 0.15) is 22.5 Å². The normalized spacial score (nSPS) is 13.0. The van der Waals surface area contributed by atoms with Crippen LogP contribution in [-0.4, -0.2) is 51.7 Å². The molecule has 0 bridgehead atoms. The van der Waals surface area contributed by atoms with E-state index in [0.29, 0.717) is 0 Å². The van der Waals surface area contributed by atoms with Crippen LogP contribution in [0.25, 0.3) is 16.8 Å². The molecule has 31 heavy (non-hydrogen) atoms. The smallest absolute Gasteiger partial charge is 0.171 e. The summed E-state index contributed by atoms with van der Waals surface area (Å²) in [5.74, 6) is 2.01. The fourth-order valence-electron chi connectivity index (χ4n) is 4.23. The van der Waals surface area contributed by atoms with Gasteiger partial charge >= 0.3 is 0 Å². The quantitative estimate of drug-likeness (QED) is 0.463. The van der Waals surface area contributed by atoms with Gasteiger partial charge < -0.3 is 9.64 Å². The van der Waals surface area contributed by atoms with Crippen molar-refractivity contribution >= 4 is 5.65 Å². The molecule has 0 aliphatic carbocycles. The first kappa shape index (κ1) is 19.7. The van der Waals surface area contributed by atoms with Crippen LogP contribution >= 0.6 is 0 Å². The van der Waals surface area contributed by atoms with Crippen molar-refractivity contribution in [3.63, 3.8) is 0 Å². The molecule has 0 amide bonds. The molecule has 3 heterocycles. The maximum absolute atomic E-state index is 5.71. The zero-order valence-electron chi connectivity index (χ0n) is 18.1. The highest BCUT2D eigenvalue weighted by Gasteiger charge is 2.17. The predicted octanol–water partition coefficient (Wildman–Crippen LogP) is 3.62. The lowest BCUT2D eigenvalue weighted by atomic mass is 10.0. The van der Waals surface area contributed by atoms with Gasteiger partial charge in [-0.3, -0.25) is 4.40 Å². The molecule has 1 aliphatic heterocycles. The molecule has 5 rings (SSSR count). The number of nitrogens with zero attached hydrogens (tertiary/aromatic N) is 5. The van der Waals surface area contributed by atoms with Crippen molar-refractivity contribution in [3.05, 3.63) is 77.5 Å². The van der Waals surface area contributed by atoms with Gasteiger partial charge in [-0.2, -0.15) is 0 Å². The van der Waals surface area contributed by atoms with Gasteiger partial charge in [0.05, 0.1) is 6.61 Å². The first-order valence-electron chi connectivity index (χ1n) is 10.8. The molecule has 0 atom stereocenters. The lowest BCUT2D eigenvalue weighted by molar-refractivity contribution is 0.357. The lowest BCUT2D eigenvalue weighted by Gasteiger charge is -2.11. The van der Waals surface area contributed by atoms with E-state index in [0.717, 1.165) is 67.2 Å². The second-order valence-corrected chi connectivity index (χ2v) is 8.36. The molecule has 0 spiro atoms. The Morgan fingerprint density at radius 1 is 1.03 bits per heavy atom. The second kappa shape index (κ2) is 8.47. The average molecular weight is 414 g/mol. The molecule has 6 heteroatoms. The molecule has 0 unspecified atom stereocenters. The third-order valence-electron chi connectivity index (χ3n) is 5.98. The van der Waals surface area contributed by atoms with E-state index >= 15 is 0 Å². The molecule has 0 N–H and O–H groups in total. The van der Waals surface area contributed by atoms with Crippen molar-refractivity contribution in [1.29, 1.82) is 0 Å². The van der Waals surface area contributed by atoms with Gasteiger partial charge in [-0.15, -0.1) is 10.2 Å². The number of likely N-dealkylation sites (N-methyl/N-ethyl adjacent to an activating group) is 1. The molecule has 158 valence electrons. The molecule has 0 radical (unpaired) electrons. The number of hydrogen-bond acceptors (Lipinski definition) is 5. The van der Waals surface area contributed by atoms with Crippen LogP contribution in [-0.2, 0) is 25.7 Å². The summed E-state index contributed by atoms with van der Waals surface area (Å²) in [6, 6.07) is 15.0. The Hall–Kier alpha value is -3.25. The van der Waals surface area contributed by atoms with E-state index in [1.165, 1.54) is 16.7 Å². The van der Waals surface area contributed by atoms with Crippen molar-refractivity contribution < 1.29 is 4.74 Å². The molecule has 4 aromatic rings. The van der Waals surface area contributed by atoms with Crippen LogP contribution in [0.4, 0.5) is 0 Å². The van der Waals surface area contributed by atoms with Gasteiger partial charge in [0.1, 0.15) is 17.9 Å². The maximum atomic E-state index is 5.71. The SMILES string of the molecule is CN(C)CCc1ccc(-c2cnc(CCc3cccc4c3CCO4)n3cnnc23)cc1. The second-order valence-electron chi connectivity index (χ2n) is 8.36. The molecular weight excluding hydrogens is 386 g/mol. The summed E-state index contributed by atoms with van der Waals surface area (Å²) < 4.78 is 7.73. The third kappa shape index (κ3) is 4.03. The fourth-order valence-corrected chi connectivity index (χ4v) is 4.23. The monoisotopic (exact) mass is 413 g/mol. The third-order valence-corrected chi connectivity index (χ3v) is 5.98. The Labute approximate surface area is 182 Å². The highest BCUT2D eigenvalue weighted by molar-refractivity contribution is 5.76. The van der Waals surface area contributed by atoms with Crippen LogP contribution in [0.5, 0.6) is 5.75 Å². The van der Waals surface area contributed by atoms with Crippen LogP contribution in [0.3, 0.4) is 0 Å². The van der Waals surface area contributed by atoms with Gasteiger partial charge in [-0.1, -0.05) is 36.4 Å². The molecule has 0 fully saturated rings. The number of fused-ring (bicyclic) bond motifs is 2. The minimum atomic E-state index is 0.781. The Morgan fingerprint density at radius 3 is 2.74 bits per heavy atom. The highest BCUT2D eigenvalue weighted by atomic mass is 16.5. The largest absolute Gasteiger partial charge is 0.493 e. The zero-order valence-corrected chi connectivity index (χ0v) is 18.1.